The lowest BCUT2D eigenvalue weighted by Gasteiger charge is -2.56. The molecule has 0 aliphatic heterocycles. The van der Waals surface area contributed by atoms with E-state index in [2.05, 4.69) is 10.1 Å². The number of carbonyl (C=O) groups excluding carboxylic acids is 2. The molecule has 4 aliphatic rings. The highest BCUT2D eigenvalue weighted by Crippen LogP contribution is 2.60. The molecule has 0 aromatic carbocycles. The number of Topliss-reactive ketones (excluding diaryl/α,β-unsaturated/α-hetero) is 1. The lowest BCUT2D eigenvalue weighted by molar-refractivity contribution is -0.165. The van der Waals surface area contributed by atoms with Crippen molar-refractivity contribution in [2.24, 2.45) is 30.2 Å². The number of ether oxygens (including phenoxy) is 1. The first-order chi connectivity index (χ1) is 14.3. The number of rotatable bonds is 6. The van der Waals surface area contributed by atoms with Gasteiger partial charge < -0.3 is 4.74 Å². The fraction of sp³-hybridized carbons (Fsp3) is 0.682. The van der Waals surface area contributed by atoms with E-state index in [0.29, 0.717) is 28.8 Å². The maximum Gasteiger partial charge on any atom is 0.308 e. The Bertz CT molecular complexity index is 1030. The highest BCUT2D eigenvalue weighted by atomic mass is 16.5. The van der Waals surface area contributed by atoms with Crippen molar-refractivity contribution in [1.82, 2.24) is 19.3 Å². The average molecular weight is 412 g/mol. The molecule has 4 saturated carbocycles. The number of aryl methyl sites for hydroxylation is 2. The molecule has 0 radical (unpaired) electrons. The van der Waals surface area contributed by atoms with Gasteiger partial charge in [0.05, 0.1) is 18.9 Å². The zero-order valence-corrected chi connectivity index (χ0v) is 17.5. The molecule has 4 aliphatic carbocycles. The summed E-state index contributed by atoms with van der Waals surface area (Å²) < 4.78 is 8.43. The summed E-state index contributed by atoms with van der Waals surface area (Å²) >= 11 is 0. The predicted molar refractivity (Wildman–Crippen MR) is 109 cm³/mol. The van der Waals surface area contributed by atoms with Crippen LogP contribution < -0.4 is 5.56 Å². The Hall–Kier alpha value is -2.51. The van der Waals surface area contributed by atoms with Gasteiger partial charge in [0.1, 0.15) is 5.39 Å². The van der Waals surface area contributed by atoms with Crippen LogP contribution in [0.3, 0.4) is 0 Å². The SMILES string of the molecule is C[C@H](OC(=O)CCn1cnc2c(cnn2C)c1=O)C(=O)C12CC3CC(CC(C3)C1)C2. The third-order valence-corrected chi connectivity index (χ3v) is 7.51. The Morgan fingerprint density at radius 1 is 1.20 bits per heavy atom. The summed E-state index contributed by atoms with van der Waals surface area (Å²) in [5, 5.41) is 4.46. The Labute approximate surface area is 174 Å². The van der Waals surface area contributed by atoms with Crippen LogP contribution in [0.1, 0.15) is 51.9 Å². The topological polar surface area (TPSA) is 96.1 Å². The summed E-state index contributed by atoms with van der Waals surface area (Å²) in [5.41, 5.74) is -0.00657. The minimum Gasteiger partial charge on any atom is -0.455 e. The van der Waals surface area contributed by atoms with Gasteiger partial charge in [-0.25, -0.2) is 4.98 Å². The molecule has 8 heteroatoms. The quantitative estimate of drug-likeness (QED) is 0.675. The number of fused-ring (bicyclic) bond motifs is 1. The van der Waals surface area contributed by atoms with E-state index >= 15 is 0 Å². The van der Waals surface area contributed by atoms with Crippen LogP contribution in [0.4, 0.5) is 0 Å². The van der Waals surface area contributed by atoms with E-state index < -0.39 is 12.1 Å². The van der Waals surface area contributed by atoms with E-state index in [1.807, 2.05) is 0 Å². The Morgan fingerprint density at radius 2 is 1.83 bits per heavy atom. The predicted octanol–water partition coefficient (Wildman–Crippen LogP) is 2.24. The van der Waals surface area contributed by atoms with Gasteiger partial charge in [-0.05, 0) is 63.2 Å². The van der Waals surface area contributed by atoms with Gasteiger partial charge in [0, 0.05) is 19.0 Å². The van der Waals surface area contributed by atoms with Gasteiger partial charge in [-0.15, -0.1) is 0 Å². The molecule has 0 amide bonds. The molecule has 0 saturated heterocycles. The summed E-state index contributed by atoms with van der Waals surface area (Å²) in [6.07, 6.45) is 8.88. The number of carbonyl (C=O) groups is 2. The van der Waals surface area contributed by atoms with Crippen LogP contribution in [0.15, 0.2) is 17.3 Å². The van der Waals surface area contributed by atoms with Gasteiger partial charge in [0.15, 0.2) is 17.5 Å². The maximum atomic E-state index is 13.3. The Kier molecular flexibility index (Phi) is 4.56. The first-order valence-corrected chi connectivity index (χ1v) is 11.0. The first-order valence-electron chi connectivity index (χ1n) is 11.0. The van der Waals surface area contributed by atoms with Crippen LogP contribution in [0, 0.1) is 23.2 Å². The van der Waals surface area contributed by atoms with Gasteiger partial charge in [-0.1, -0.05) is 0 Å². The maximum absolute atomic E-state index is 13.3. The van der Waals surface area contributed by atoms with E-state index in [9.17, 15) is 14.4 Å². The van der Waals surface area contributed by atoms with Crippen molar-refractivity contribution in [1.29, 1.82) is 0 Å². The second kappa shape index (κ2) is 7.03. The first kappa shape index (κ1) is 19.5. The van der Waals surface area contributed by atoms with Crippen LogP contribution in [0.2, 0.25) is 0 Å². The van der Waals surface area contributed by atoms with Gasteiger partial charge in [-0.2, -0.15) is 5.10 Å². The standard InChI is InChI=1S/C22H28N4O4/c1-13(19(28)22-8-14-5-15(9-22)7-16(6-14)10-22)30-18(27)3-4-26-12-23-20-17(21(26)29)11-24-25(20)2/h11-16H,3-10H2,1-2H3/t13-,14?,15?,16?,22?/m0/s1. The van der Waals surface area contributed by atoms with E-state index in [1.165, 1.54) is 41.0 Å². The summed E-state index contributed by atoms with van der Waals surface area (Å²) in [7, 11) is 1.72. The lowest BCUT2D eigenvalue weighted by Crippen LogP contribution is -2.52. The fourth-order valence-corrected chi connectivity index (χ4v) is 6.59. The molecule has 2 aromatic heterocycles. The van der Waals surface area contributed by atoms with Gasteiger partial charge >= 0.3 is 5.97 Å². The van der Waals surface area contributed by atoms with E-state index in [-0.39, 0.29) is 29.7 Å². The molecule has 0 unspecified atom stereocenters. The number of hydrogen-bond donors (Lipinski definition) is 0. The van der Waals surface area contributed by atoms with Crippen LogP contribution in [0.25, 0.3) is 11.0 Å². The zero-order chi connectivity index (χ0) is 21.0. The van der Waals surface area contributed by atoms with Crippen LogP contribution in [0.5, 0.6) is 0 Å². The molecule has 1 atom stereocenters. The van der Waals surface area contributed by atoms with Crippen LogP contribution in [-0.2, 0) is 27.9 Å². The minimum absolute atomic E-state index is 0.0197. The highest BCUT2D eigenvalue weighted by molar-refractivity contribution is 5.90. The highest BCUT2D eigenvalue weighted by Gasteiger charge is 2.55. The van der Waals surface area contributed by atoms with Gasteiger partial charge in [0.2, 0.25) is 0 Å². The summed E-state index contributed by atoms with van der Waals surface area (Å²) in [6, 6.07) is 0. The van der Waals surface area contributed by atoms with Crippen molar-refractivity contribution in [2.75, 3.05) is 0 Å². The van der Waals surface area contributed by atoms with Crippen molar-refractivity contribution in [3.05, 3.63) is 22.9 Å². The van der Waals surface area contributed by atoms with Gasteiger partial charge in [0.25, 0.3) is 5.56 Å². The van der Waals surface area contributed by atoms with E-state index in [1.54, 1.807) is 14.0 Å². The van der Waals surface area contributed by atoms with Crippen molar-refractivity contribution in [2.45, 2.75) is 64.5 Å². The van der Waals surface area contributed by atoms with Crippen LogP contribution >= 0.6 is 0 Å². The number of aromatic nitrogens is 4. The molecule has 6 rings (SSSR count). The molecule has 30 heavy (non-hydrogen) atoms. The Balaban J connectivity index is 1.21. The smallest absolute Gasteiger partial charge is 0.308 e. The third kappa shape index (κ3) is 3.17. The van der Waals surface area contributed by atoms with E-state index in [4.69, 9.17) is 4.74 Å². The molecule has 8 nitrogen and oxygen atoms in total. The average Bonchev–Trinajstić information content (AvgIpc) is 3.07. The molecule has 4 bridgehead atoms. The molecule has 0 spiro atoms. The molecule has 2 aromatic rings. The summed E-state index contributed by atoms with van der Waals surface area (Å²) in [5.74, 6) is 1.66. The minimum atomic E-state index is -0.732. The van der Waals surface area contributed by atoms with Crippen molar-refractivity contribution >= 4 is 22.8 Å². The second-order valence-corrected chi connectivity index (χ2v) is 9.69. The van der Waals surface area contributed by atoms with E-state index in [0.717, 1.165) is 19.3 Å². The monoisotopic (exact) mass is 412 g/mol. The van der Waals surface area contributed by atoms with Crippen molar-refractivity contribution < 1.29 is 14.3 Å². The normalized spacial score (nSPS) is 30.5. The number of nitrogens with zero attached hydrogens (tertiary/aromatic N) is 4. The van der Waals surface area contributed by atoms with Crippen molar-refractivity contribution in [3.8, 4) is 0 Å². The largest absolute Gasteiger partial charge is 0.455 e. The molecule has 160 valence electrons. The number of ketones is 1. The molecular weight excluding hydrogens is 384 g/mol. The molecule has 0 N–H and O–H groups in total. The molecule has 4 fully saturated rings. The molecule has 2 heterocycles. The Morgan fingerprint density at radius 3 is 2.47 bits per heavy atom. The fourth-order valence-electron chi connectivity index (χ4n) is 6.59. The third-order valence-electron chi connectivity index (χ3n) is 7.51. The second-order valence-electron chi connectivity index (χ2n) is 9.69. The van der Waals surface area contributed by atoms with Crippen molar-refractivity contribution in [3.63, 3.8) is 0 Å². The van der Waals surface area contributed by atoms with Gasteiger partial charge in [-0.3, -0.25) is 23.6 Å². The molecular formula is C22H28N4O4. The lowest BCUT2D eigenvalue weighted by atomic mass is 9.48. The van der Waals surface area contributed by atoms with Crippen LogP contribution in [-0.4, -0.2) is 37.2 Å². The summed E-state index contributed by atoms with van der Waals surface area (Å²) in [4.78, 5) is 42.4. The number of esters is 1. The zero-order valence-electron chi connectivity index (χ0n) is 17.5. The summed E-state index contributed by atoms with van der Waals surface area (Å²) in [6.45, 7) is 1.86. The number of hydrogen-bond acceptors (Lipinski definition) is 6.